The minimum atomic E-state index is -1.26. The average Bonchev–Trinajstić information content (AvgIpc) is 3.13. The van der Waals surface area contributed by atoms with Crippen LogP contribution in [0.25, 0.3) is 11.4 Å². The van der Waals surface area contributed by atoms with E-state index in [1.54, 1.807) is 31.2 Å². The molecule has 1 aliphatic heterocycles. The third-order valence-corrected chi connectivity index (χ3v) is 4.31. The molecular formula is C17H20N4O4. The van der Waals surface area contributed by atoms with Gasteiger partial charge >= 0.3 is 6.09 Å². The van der Waals surface area contributed by atoms with Gasteiger partial charge in [-0.3, -0.25) is 4.79 Å². The lowest BCUT2D eigenvalue weighted by molar-refractivity contribution is 0.0751. The molecule has 0 spiro atoms. The third-order valence-electron chi connectivity index (χ3n) is 4.31. The van der Waals surface area contributed by atoms with Crippen molar-refractivity contribution in [1.29, 1.82) is 0 Å². The summed E-state index contributed by atoms with van der Waals surface area (Å²) >= 11 is 0. The van der Waals surface area contributed by atoms with Crippen LogP contribution in [-0.4, -0.2) is 51.8 Å². The van der Waals surface area contributed by atoms with Crippen molar-refractivity contribution in [2.24, 2.45) is 0 Å². The second kappa shape index (κ2) is 7.43. The Labute approximate surface area is 144 Å². The second-order valence-corrected chi connectivity index (χ2v) is 5.89. The SMILES string of the molecule is CCN(C(=O)O)C(=O)c1ccc(-c2noc(C3CCNCC3)n2)cc1. The smallest absolute Gasteiger partial charge is 0.414 e. The molecule has 0 unspecified atom stereocenters. The van der Waals surface area contributed by atoms with Crippen molar-refractivity contribution >= 4 is 12.0 Å². The molecule has 1 fully saturated rings. The molecule has 0 radical (unpaired) electrons. The van der Waals surface area contributed by atoms with E-state index in [0.717, 1.165) is 36.4 Å². The molecule has 0 saturated carbocycles. The number of nitrogens with one attached hydrogen (secondary N) is 1. The molecule has 132 valence electrons. The van der Waals surface area contributed by atoms with Gasteiger partial charge in [0, 0.05) is 23.6 Å². The Morgan fingerprint density at radius 1 is 1.28 bits per heavy atom. The highest BCUT2D eigenvalue weighted by atomic mass is 16.5. The summed E-state index contributed by atoms with van der Waals surface area (Å²) in [5.74, 6) is 0.833. The van der Waals surface area contributed by atoms with Gasteiger partial charge in [0.05, 0.1) is 0 Å². The van der Waals surface area contributed by atoms with Crippen molar-refractivity contribution in [2.45, 2.75) is 25.7 Å². The van der Waals surface area contributed by atoms with E-state index in [4.69, 9.17) is 9.63 Å². The number of rotatable bonds is 4. The zero-order valence-corrected chi connectivity index (χ0v) is 13.9. The Morgan fingerprint density at radius 2 is 1.96 bits per heavy atom. The Hall–Kier alpha value is -2.74. The number of aromatic nitrogens is 2. The van der Waals surface area contributed by atoms with Crippen molar-refractivity contribution in [2.75, 3.05) is 19.6 Å². The molecule has 1 saturated heterocycles. The number of piperidine rings is 1. The summed E-state index contributed by atoms with van der Waals surface area (Å²) in [4.78, 5) is 28.4. The van der Waals surface area contributed by atoms with Crippen molar-refractivity contribution in [1.82, 2.24) is 20.4 Å². The Balaban J connectivity index is 1.75. The third kappa shape index (κ3) is 3.69. The summed E-state index contributed by atoms with van der Waals surface area (Å²) in [6.07, 6.45) is 0.676. The normalized spacial score (nSPS) is 15.1. The largest absolute Gasteiger partial charge is 0.465 e. The van der Waals surface area contributed by atoms with Gasteiger partial charge in [0.1, 0.15) is 0 Å². The minimum absolute atomic E-state index is 0.0976. The number of carbonyl (C=O) groups excluding carboxylic acids is 1. The fourth-order valence-electron chi connectivity index (χ4n) is 2.87. The highest BCUT2D eigenvalue weighted by Crippen LogP contribution is 2.26. The Bertz CT molecular complexity index is 750. The van der Waals surface area contributed by atoms with E-state index in [0.29, 0.717) is 17.3 Å². The lowest BCUT2D eigenvalue weighted by Gasteiger charge is -2.18. The summed E-state index contributed by atoms with van der Waals surface area (Å²) in [5, 5.41) is 16.3. The molecule has 1 aromatic heterocycles. The number of imide groups is 1. The highest BCUT2D eigenvalue weighted by Gasteiger charge is 2.23. The van der Waals surface area contributed by atoms with E-state index in [-0.39, 0.29) is 12.5 Å². The van der Waals surface area contributed by atoms with E-state index >= 15 is 0 Å². The van der Waals surface area contributed by atoms with E-state index < -0.39 is 12.0 Å². The van der Waals surface area contributed by atoms with E-state index in [9.17, 15) is 9.59 Å². The first-order valence-corrected chi connectivity index (χ1v) is 8.29. The zero-order valence-electron chi connectivity index (χ0n) is 13.9. The maximum Gasteiger partial charge on any atom is 0.414 e. The minimum Gasteiger partial charge on any atom is -0.465 e. The molecule has 0 aliphatic carbocycles. The van der Waals surface area contributed by atoms with Crippen LogP contribution in [-0.2, 0) is 0 Å². The van der Waals surface area contributed by atoms with Gasteiger partial charge in [-0.15, -0.1) is 0 Å². The predicted octanol–water partition coefficient (Wildman–Crippen LogP) is 2.34. The maximum absolute atomic E-state index is 12.2. The van der Waals surface area contributed by atoms with Gasteiger partial charge in [-0.1, -0.05) is 17.3 Å². The van der Waals surface area contributed by atoms with Gasteiger partial charge in [-0.2, -0.15) is 4.98 Å². The molecule has 2 N–H and O–H groups in total. The number of hydrogen-bond acceptors (Lipinski definition) is 6. The fourth-order valence-corrected chi connectivity index (χ4v) is 2.87. The van der Waals surface area contributed by atoms with Crippen molar-refractivity contribution in [3.63, 3.8) is 0 Å². The first-order chi connectivity index (χ1) is 12.1. The summed E-state index contributed by atoms with van der Waals surface area (Å²) in [6.45, 7) is 3.59. The Kier molecular flexibility index (Phi) is 5.08. The van der Waals surface area contributed by atoms with Crippen LogP contribution in [0.4, 0.5) is 4.79 Å². The number of hydrogen-bond donors (Lipinski definition) is 2. The maximum atomic E-state index is 12.2. The fraction of sp³-hybridized carbons (Fsp3) is 0.412. The molecule has 2 amide bonds. The van der Waals surface area contributed by atoms with Crippen LogP contribution in [0.5, 0.6) is 0 Å². The second-order valence-electron chi connectivity index (χ2n) is 5.89. The molecule has 2 heterocycles. The number of amides is 2. The zero-order chi connectivity index (χ0) is 17.8. The van der Waals surface area contributed by atoms with E-state index in [2.05, 4.69) is 15.5 Å². The average molecular weight is 344 g/mol. The lowest BCUT2D eigenvalue weighted by Crippen LogP contribution is -2.35. The molecule has 1 aromatic carbocycles. The quantitative estimate of drug-likeness (QED) is 0.876. The van der Waals surface area contributed by atoms with Crippen LogP contribution in [0.2, 0.25) is 0 Å². The Morgan fingerprint density at radius 3 is 2.56 bits per heavy atom. The molecule has 0 bridgehead atoms. The number of nitrogens with zero attached hydrogens (tertiary/aromatic N) is 3. The number of carboxylic acid groups (broad SMARTS) is 1. The molecule has 2 aromatic rings. The van der Waals surface area contributed by atoms with Gasteiger partial charge in [0.15, 0.2) is 0 Å². The van der Waals surface area contributed by atoms with Crippen LogP contribution in [0.3, 0.4) is 0 Å². The molecule has 8 nitrogen and oxygen atoms in total. The summed E-state index contributed by atoms with van der Waals surface area (Å²) < 4.78 is 5.38. The van der Waals surface area contributed by atoms with Crippen molar-refractivity contribution in [3.8, 4) is 11.4 Å². The molecule has 8 heteroatoms. The van der Waals surface area contributed by atoms with Crippen LogP contribution in [0, 0.1) is 0 Å². The van der Waals surface area contributed by atoms with Gasteiger partial charge in [-0.25, -0.2) is 9.69 Å². The van der Waals surface area contributed by atoms with Crippen LogP contribution in [0.1, 0.15) is 41.9 Å². The standard InChI is InChI=1S/C17H20N4O4/c1-2-21(17(23)24)16(22)13-5-3-11(4-6-13)14-19-15(25-20-14)12-7-9-18-10-8-12/h3-6,12,18H,2,7-10H2,1H3,(H,23,24). The van der Waals surface area contributed by atoms with Crippen molar-refractivity contribution < 1.29 is 19.2 Å². The first-order valence-electron chi connectivity index (χ1n) is 8.29. The van der Waals surface area contributed by atoms with Gasteiger partial charge in [0.2, 0.25) is 11.7 Å². The summed E-state index contributed by atoms with van der Waals surface area (Å²) in [7, 11) is 0. The van der Waals surface area contributed by atoms with Crippen molar-refractivity contribution in [3.05, 3.63) is 35.7 Å². The molecule has 1 aliphatic rings. The van der Waals surface area contributed by atoms with Crippen LogP contribution < -0.4 is 5.32 Å². The van der Waals surface area contributed by atoms with Crippen LogP contribution in [0.15, 0.2) is 28.8 Å². The number of benzene rings is 1. The molecule has 3 rings (SSSR count). The topological polar surface area (TPSA) is 109 Å². The van der Waals surface area contributed by atoms with E-state index in [1.165, 1.54) is 0 Å². The van der Waals surface area contributed by atoms with Gasteiger partial charge in [-0.05, 0) is 45.0 Å². The highest BCUT2D eigenvalue weighted by molar-refractivity contribution is 6.02. The van der Waals surface area contributed by atoms with Crippen LogP contribution >= 0.6 is 0 Å². The lowest BCUT2D eigenvalue weighted by atomic mass is 9.98. The molecule has 25 heavy (non-hydrogen) atoms. The summed E-state index contributed by atoms with van der Waals surface area (Å²) in [6, 6.07) is 6.54. The first kappa shape index (κ1) is 17.1. The van der Waals surface area contributed by atoms with Gasteiger partial charge < -0.3 is 14.9 Å². The molecular weight excluding hydrogens is 324 g/mol. The summed E-state index contributed by atoms with van der Waals surface area (Å²) in [5.41, 5.74) is 1.02. The molecule has 0 atom stereocenters. The van der Waals surface area contributed by atoms with Gasteiger partial charge in [0.25, 0.3) is 5.91 Å². The number of carbonyl (C=O) groups is 2. The predicted molar refractivity (Wildman–Crippen MR) is 89.3 cm³/mol. The van der Waals surface area contributed by atoms with E-state index in [1.807, 2.05) is 0 Å². The monoisotopic (exact) mass is 344 g/mol.